The SMILES string of the molecule is CCn1cc(NCc2cc(C(F)(F)F)nn2CC)cn1. The number of nitrogens with one attached hydrogen (secondary N) is 1. The van der Waals surface area contributed by atoms with Crippen LogP contribution >= 0.6 is 0 Å². The predicted octanol–water partition coefficient (Wildman–Crippen LogP) is 2.75. The van der Waals surface area contributed by atoms with E-state index in [-0.39, 0.29) is 6.54 Å². The van der Waals surface area contributed by atoms with E-state index in [1.165, 1.54) is 4.68 Å². The minimum atomic E-state index is -4.41. The molecule has 2 aromatic heterocycles. The molecule has 0 fully saturated rings. The highest BCUT2D eigenvalue weighted by atomic mass is 19.4. The molecule has 0 aliphatic carbocycles. The molecule has 110 valence electrons. The van der Waals surface area contributed by atoms with Crippen LogP contribution in [0.4, 0.5) is 18.9 Å². The largest absolute Gasteiger partial charge is 0.435 e. The van der Waals surface area contributed by atoms with Crippen molar-refractivity contribution in [3.63, 3.8) is 0 Å². The van der Waals surface area contributed by atoms with Gasteiger partial charge in [0, 0.05) is 19.3 Å². The van der Waals surface area contributed by atoms with Crippen molar-refractivity contribution in [3.05, 3.63) is 29.8 Å². The van der Waals surface area contributed by atoms with Crippen LogP contribution in [0.2, 0.25) is 0 Å². The summed E-state index contributed by atoms with van der Waals surface area (Å²) in [4.78, 5) is 0. The molecular formula is C12H16F3N5. The van der Waals surface area contributed by atoms with Crippen molar-refractivity contribution in [3.8, 4) is 0 Å². The minimum Gasteiger partial charge on any atom is -0.377 e. The predicted molar refractivity (Wildman–Crippen MR) is 68.1 cm³/mol. The zero-order chi connectivity index (χ0) is 14.8. The number of nitrogens with zero attached hydrogens (tertiary/aromatic N) is 4. The number of hydrogen-bond donors (Lipinski definition) is 1. The Morgan fingerprint density at radius 1 is 1.25 bits per heavy atom. The van der Waals surface area contributed by atoms with E-state index in [1.54, 1.807) is 24.0 Å². The Kier molecular flexibility index (Phi) is 4.01. The number of rotatable bonds is 5. The van der Waals surface area contributed by atoms with Gasteiger partial charge in [0.15, 0.2) is 5.69 Å². The zero-order valence-corrected chi connectivity index (χ0v) is 11.3. The zero-order valence-electron chi connectivity index (χ0n) is 11.3. The van der Waals surface area contributed by atoms with Gasteiger partial charge in [-0.05, 0) is 19.9 Å². The van der Waals surface area contributed by atoms with Crippen LogP contribution in [0.5, 0.6) is 0 Å². The van der Waals surface area contributed by atoms with Crippen molar-refractivity contribution in [1.29, 1.82) is 0 Å². The van der Waals surface area contributed by atoms with Gasteiger partial charge >= 0.3 is 6.18 Å². The Morgan fingerprint density at radius 2 is 2.00 bits per heavy atom. The molecule has 5 nitrogen and oxygen atoms in total. The summed E-state index contributed by atoms with van der Waals surface area (Å²) in [6, 6.07) is 1.07. The Hall–Kier alpha value is -1.99. The molecule has 0 aliphatic heterocycles. The van der Waals surface area contributed by atoms with Crippen molar-refractivity contribution in [2.45, 2.75) is 39.7 Å². The minimum absolute atomic E-state index is 0.270. The quantitative estimate of drug-likeness (QED) is 0.920. The highest BCUT2D eigenvalue weighted by Crippen LogP contribution is 2.28. The Bertz CT molecular complexity index is 570. The molecule has 0 unspecified atom stereocenters. The van der Waals surface area contributed by atoms with Gasteiger partial charge in [-0.2, -0.15) is 23.4 Å². The summed E-state index contributed by atoms with van der Waals surface area (Å²) in [5.41, 5.74) is 0.397. The molecule has 0 radical (unpaired) electrons. The molecule has 0 saturated heterocycles. The number of aromatic nitrogens is 4. The van der Waals surface area contributed by atoms with Crippen LogP contribution in [0.1, 0.15) is 25.2 Å². The van der Waals surface area contributed by atoms with Gasteiger partial charge in [0.2, 0.25) is 0 Å². The molecule has 0 aliphatic rings. The molecule has 1 N–H and O–H groups in total. The molecule has 2 rings (SSSR count). The average molecular weight is 287 g/mol. The van der Waals surface area contributed by atoms with E-state index in [0.29, 0.717) is 12.2 Å². The fraction of sp³-hybridized carbons (Fsp3) is 0.500. The Balaban J connectivity index is 2.10. The van der Waals surface area contributed by atoms with Crippen LogP contribution in [0.15, 0.2) is 18.5 Å². The molecule has 2 aromatic rings. The molecule has 0 bridgehead atoms. The molecule has 0 amide bonds. The van der Waals surface area contributed by atoms with Crippen LogP contribution in [0.25, 0.3) is 0 Å². The van der Waals surface area contributed by atoms with E-state index in [4.69, 9.17) is 0 Å². The lowest BCUT2D eigenvalue weighted by molar-refractivity contribution is -0.141. The number of anilines is 1. The number of halogens is 3. The van der Waals surface area contributed by atoms with Crippen molar-refractivity contribution in [2.24, 2.45) is 0 Å². The first kappa shape index (κ1) is 14.4. The average Bonchev–Trinajstić information content (AvgIpc) is 3.01. The first-order valence-electron chi connectivity index (χ1n) is 6.34. The van der Waals surface area contributed by atoms with Gasteiger partial charge < -0.3 is 5.32 Å². The summed E-state index contributed by atoms with van der Waals surface area (Å²) in [5.74, 6) is 0. The lowest BCUT2D eigenvalue weighted by atomic mass is 10.3. The second-order valence-electron chi connectivity index (χ2n) is 4.27. The number of aryl methyl sites for hydroxylation is 2. The standard InChI is InChI=1S/C12H16F3N5/c1-3-19-8-9(6-17-19)16-7-10-5-11(12(13,14)15)18-20(10)4-2/h5-6,8,16H,3-4,7H2,1-2H3. The molecule has 20 heavy (non-hydrogen) atoms. The van der Waals surface area contributed by atoms with Crippen molar-refractivity contribution < 1.29 is 13.2 Å². The molecule has 2 heterocycles. The Morgan fingerprint density at radius 3 is 2.55 bits per heavy atom. The summed E-state index contributed by atoms with van der Waals surface area (Å²) in [6.07, 6.45) is -0.972. The van der Waals surface area contributed by atoms with Crippen LogP contribution < -0.4 is 5.32 Å². The fourth-order valence-corrected chi connectivity index (χ4v) is 1.83. The van der Waals surface area contributed by atoms with Crippen LogP contribution in [-0.2, 0) is 25.8 Å². The third kappa shape index (κ3) is 3.12. The lowest BCUT2D eigenvalue weighted by Crippen LogP contribution is -2.09. The summed E-state index contributed by atoms with van der Waals surface area (Å²) in [5, 5.41) is 10.7. The van der Waals surface area contributed by atoms with Crippen molar-refractivity contribution >= 4 is 5.69 Å². The molecule has 8 heteroatoms. The first-order valence-corrected chi connectivity index (χ1v) is 6.34. The fourth-order valence-electron chi connectivity index (χ4n) is 1.83. The van der Waals surface area contributed by atoms with Gasteiger partial charge in [0.1, 0.15) is 0 Å². The van der Waals surface area contributed by atoms with E-state index in [0.717, 1.165) is 18.3 Å². The molecular weight excluding hydrogens is 271 g/mol. The number of hydrogen-bond acceptors (Lipinski definition) is 3. The summed E-state index contributed by atoms with van der Waals surface area (Å²) in [6.45, 7) is 5.12. The van der Waals surface area contributed by atoms with Gasteiger partial charge in [-0.15, -0.1) is 0 Å². The van der Waals surface area contributed by atoms with Gasteiger partial charge in [0.25, 0.3) is 0 Å². The summed E-state index contributed by atoms with van der Waals surface area (Å²) >= 11 is 0. The van der Waals surface area contributed by atoms with Crippen LogP contribution in [-0.4, -0.2) is 19.6 Å². The normalized spacial score (nSPS) is 11.8. The smallest absolute Gasteiger partial charge is 0.377 e. The summed E-state index contributed by atoms with van der Waals surface area (Å²) in [7, 11) is 0. The summed E-state index contributed by atoms with van der Waals surface area (Å²) < 4.78 is 40.9. The highest BCUT2D eigenvalue weighted by Gasteiger charge is 2.34. The highest BCUT2D eigenvalue weighted by molar-refractivity contribution is 5.38. The maximum Gasteiger partial charge on any atom is 0.435 e. The van der Waals surface area contributed by atoms with Gasteiger partial charge in [-0.25, -0.2) is 0 Å². The van der Waals surface area contributed by atoms with E-state index in [9.17, 15) is 13.2 Å². The monoisotopic (exact) mass is 287 g/mol. The van der Waals surface area contributed by atoms with Crippen LogP contribution in [0, 0.1) is 0 Å². The van der Waals surface area contributed by atoms with Gasteiger partial charge in [0.05, 0.1) is 24.1 Å². The van der Waals surface area contributed by atoms with Crippen molar-refractivity contribution in [1.82, 2.24) is 19.6 Å². The van der Waals surface area contributed by atoms with Gasteiger partial charge in [-0.1, -0.05) is 0 Å². The molecule has 0 spiro atoms. The second kappa shape index (κ2) is 5.56. The van der Waals surface area contributed by atoms with E-state index in [1.807, 2.05) is 6.92 Å². The molecule has 0 aromatic carbocycles. The topological polar surface area (TPSA) is 47.7 Å². The molecule has 0 saturated carbocycles. The van der Waals surface area contributed by atoms with Crippen molar-refractivity contribution in [2.75, 3.05) is 5.32 Å². The van der Waals surface area contributed by atoms with E-state index >= 15 is 0 Å². The first-order chi connectivity index (χ1) is 9.44. The number of alkyl halides is 3. The third-order valence-corrected chi connectivity index (χ3v) is 2.88. The molecule has 0 atom stereocenters. The van der Waals surface area contributed by atoms with E-state index < -0.39 is 11.9 Å². The maximum atomic E-state index is 12.6. The maximum absolute atomic E-state index is 12.6. The van der Waals surface area contributed by atoms with E-state index in [2.05, 4.69) is 15.5 Å². The lowest BCUT2D eigenvalue weighted by Gasteiger charge is -2.05. The van der Waals surface area contributed by atoms with Gasteiger partial charge in [-0.3, -0.25) is 9.36 Å². The Labute approximate surface area is 114 Å². The van der Waals surface area contributed by atoms with Crippen LogP contribution in [0.3, 0.4) is 0 Å². The second-order valence-corrected chi connectivity index (χ2v) is 4.27. The third-order valence-electron chi connectivity index (χ3n) is 2.88.